The second-order valence-electron chi connectivity index (χ2n) is 10.7. The van der Waals surface area contributed by atoms with Crippen molar-refractivity contribution in [1.82, 2.24) is 25.2 Å². The first-order valence-electron chi connectivity index (χ1n) is 13.5. The maximum Gasteiger partial charge on any atom is 0.416 e. The highest BCUT2D eigenvalue weighted by Gasteiger charge is 2.31. The van der Waals surface area contributed by atoms with Crippen LogP contribution in [0.1, 0.15) is 43.1 Å². The second-order valence-corrected chi connectivity index (χ2v) is 10.7. The molecule has 0 fully saturated rings. The minimum absolute atomic E-state index is 0.102. The van der Waals surface area contributed by atoms with Gasteiger partial charge in [0.15, 0.2) is 5.82 Å². The van der Waals surface area contributed by atoms with Crippen molar-refractivity contribution in [1.29, 1.82) is 0 Å². The Morgan fingerprint density at radius 1 is 0.978 bits per heavy atom. The quantitative estimate of drug-likeness (QED) is 0.128. The van der Waals surface area contributed by atoms with Crippen molar-refractivity contribution in [3.05, 3.63) is 71.9 Å². The van der Waals surface area contributed by atoms with Crippen molar-refractivity contribution >= 4 is 40.7 Å². The highest BCUT2D eigenvalue weighted by Crippen LogP contribution is 2.34. The van der Waals surface area contributed by atoms with E-state index in [1.165, 1.54) is 29.2 Å². The highest BCUT2D eigenvalue weighted by atomic mass is 19.4. The predicted molar refractivity (Wildman–Crippen MR) is 158 cm³/mol. The Hall–Kier alpha value is -5.41. The highest BCUT2D eigenvalue weighted by molar-refractivity contribution is 6.07. The van der Waals surface area contributed by atoms with Gasteiger partial charge in [-0.2, -0.15) is 18.3 Å². The van der Waals surface area contributed by atoms with Crippen LogP contribution in [0.4, 0.5) is 44.3 Å². The number of alkyl halides is 3. The number of amides is 4. The number of ether oxygens (including phenoxy) is 1. The monoisotopic (exact) mass is 630 g/mol. The van der Waals surface area contributed by atoms with Crippen LogP contribution >= 0.6 is 0 Å². The summed E-state index contributed by atoms with van der Waals surface area (Å²) < 4.78 is 59.6. The number of alkyl carbamates (subject to hydrolysis) is 1. The van der Waals surface area contributed by atoms with E-state index in [4.69, 9.17) is 10.5 Å². The Morgan fingerprint density at radius 2 is 1.67 bits per heavy atom. The van der Waals surface area contributed by atoms with Crippen LogP contribution in [-0.2, 0) is 10.9 Å². The van der Waals surface area contributed by atoms with E-state index >= 15 is 0 Å². The fourth-order valence-corrected chi connectivity index (χ4v) is 4.19. The summed E-state index contributed by atoms with van der Waals surface area (Å²) in [4.78, 5) is 41.5. The zero-order valence-electron chi connectivity index (χ0n) is 24.4. The van der Waals surface area contributed by atoms with E-state index in [1.807, 2.05) is 0 Å². The third-order valence-electron chi connectivity index (χ3n) is 6.13. The number of carbonyl (C=O) groups is 3. The number of rotatable bonds is 8. The van der Waals surface area contributed by atoms with Crippen LogP contribution in [0.5, 0.6) is 0 Å². The van der Waals surface area contributed by atoms with Crippen LogP contribution in [0, 0.1) is 5.82 Å². The van der Waals surface area contributed by atoms with Crippen molar-refractivity contribution < 1.29 is 36.7 Å². The number of hydrogen-bond donors (Lipinski definition) is 5. The minimum Gasteiger partial charge on any atom is -0.444 e. The molecule has 4 aromatic rings. The molecule has 0 bridgehead atoms. The van der Waals surface area contributed by atoms with Crippen molar-refractivity contribution in [2.45, 2.75) is 39.0 Å². The molecule has 0 saturated heterocycles. The van der Waals surface area contributed by atoms with Gasteiger partial charge in [-0.15, -0.1) is 0 Å². The lowest BCUT2D eigenvalue weighted by Crippen LogP contribution is -2.34. The third-order valence-corrected chi connectivity index (χ3v) is 6.13. The number of nitrogens with zero attached hydrogens (tertiary/aromatic N) is 3. The van der Waals surface area contributed by atoms with Crippen LogP contribution in [-0.4, -0.2) is 51.3 Å². The van der Waals surface area contributed by atoms with Crippen molar-refractivity contribution in [2.75, 3.05) is 29.5 Å². The zero-order valence-corrected chi connectivity index (χ0v) is 24.4. The second kappa shape index (κ2) is 13.1. The van der Waals surface area contributed by atoms with Gasteiger partial charge in [0, 0.05) is 30.5 Å². The van der Waals surface area contributed by atoms with Gasteiger partial charge >= 0.3 is 18.3 Å². The van der Waals surface area contributed by atoms with E-state index in [-0.39, 0.29) is 30.2 Å². The largest absolute Gasteiger partial charge is 0.444 e. The molecule has 0 saturated carbocycles. The summed E-state index contributed by atoms with van der Waals surface area (Å²) in [7, 11) is 0. The van der Waals surface area contributed by atoms with E-state index in [9.17, 15) is 31.9 Å². The lowest BCUT2D eigenvalue weighted by Gasteiger charge is -2.19. The smallest absolute Gasteiger partial charge is 0.416 e. The molecule has 0 aliphatic rings. The molecule has 2 aromatic heterocycles. The van der Waals surface area contributed by atoms with E-state index in [1.54, 1.807) is 32.9 Å². The fourth-order valence-electron chi connectivity index (χ4n) is 4.19. The van der Waals surface area contributed by atoms with Gasteiger partial charge < -0.3 is 31.7 Å². The molecule has 16 heteroatoms. The van der Waals surface area contributed by atoms with Crippen LogP contribution < -0.4 is 27.0 Å². The molecule has 0 radical (unpaired) electrons. The molecule has 6 N–H and O–H groups in total. The zero-order chi connectivity index (χ0) is 32.9. The Bertz CT molecular complexity index is 1720. The van der Waals surface area contributed by atoms with Crippen LogP contribution in [0.15, 0.2) is 55.0 Å². The summed E-state index contributed by atoms with van der Waals surface area (Å²) in [5.41, 5.74) is 5.42. The fraction of sp³-hybridized carbons (Fsp3) is 0.276. The lowest BCUT2D eigenvalue weighted by molar-refractivity contribution is -0.137. The number of benzene rings is 2. The van der Waals surface area contributed by atoms with Crippen molar-refractivity contribution in [3.8, 4) is 11.1 Å². The molecule has 2 heterocycles. The summed E-state index contributed by atoms with van der Waals surface area (Å²) in [6, 6.07) is 6.79. The molecule has 12 nitrogen and oxygen atoms in total. The number of carbonyl (C=O) groups excluding carboxylic acids is 3. The minimum atomic E-state index is -4.72. The molecular weight excluding hydrogens is 600 g/mol. The number of anilines is 3. The van der Waals surface area contributed by atoms with E-state index in [0.29, 0.717) is 41.3 Å². The average Bonchev–Trinajstić information content (AvgIpc) is 3.34. The molecule has 0 aliphatic heterocycles. The topological polar surface area (TPSA) is 165 Å². The number of urea groups is 1. The summed E-state index contributed by atoms with van der Waals surface area (Å²) >= 11 is 0. The van der Waals surface area contributed by atoms with Gasteiger partial charge in [-0.3, -0.25) is 4.79 Å². The molecule has 0 spiro atoms. The van der Waals surface area contributed by atoms with Crippen molar-refractivity contribution in [2.24, 2.45) is 0 Å². The molecule has 0 aliphatic carbocycles. The number of fused-ring (bicyclic) bond motifs is 1. The van der Waals surface area contributed by atoms with Crippen LogP contribution in [0.25, 0.3) is 16.6 Å². The molecule has 0 unspecified atom stereocenters. The first kappa shape index (κ1) is 32.5. The SMILES string of the molecule is CC(C)(C)OC(=O)NCCCNC(=O)c1cn2ncnc(N)c2c1-c1ccc(NC(=O)Nc2cc(C(F)(F)F)ccc2F)cc1. The Kier molecular flexibility index (Phi) is 9.44. The first-order chi connectivity index (χ1) is 21.1. The van der Waals surface area contributed by atoms with Crippen molar-refractivity contribution in [3.63, 3.8) is 0 Å². The Labute approximate surface area is 254 Å². The third kappa shape index (κ3) is 8.36. The van der Waals surface area contributed by atoms with Gasteiger partial charge in [0.2, 0.25) is 0 Å². The Morgan fingerprint density at radius 3 is 2.33 bits per heavy atom. The first-order valence-corrected chi connectivity index (χ1v) is 13.5. The molecule has 4 amide bonds. The number of halogens is 4. The average molecular weight is 631 g/mol. The van der Waals surface area contributed by atoms with Gasteiger partial charge in [0.1, 0.15) is 23.3 Å². The maximum absolute atomic E-state index is 14.0. The van der Waals surface area contributed by atoms with Gasteiger partial charge in [0.05, 0.1) is 16.8 Å². The van der Waals surface area contributed by atoms with E-state index < -0.39 is 46.9 Å². The predicted octanol–water partition coefficient (Wildman–Crippen LogP) is 5.43. The molecule has 45 heavy (non-hydrogen) atoms. The number of nitrogens with two attached hydrogens (primary N) is 1. The van der Waals surface area contributed by atoms with E-state index in [0.717, 1.165) is 0 Å². The number of nitrogens with one attached hydrogen (secondary N) is 4. The number of nitrogen functional groups attached to an aromatic ring is 1. The van der Waals surface area contributed by atoms with Gasteiger partial charge in [-0.25, -0.2) is 23.5 Å². The number of hydrogen-bond acceptors (Lipinski definition) is 7. The summed E-state index contributed by atoms with van der Waals surface area (Å²) in [5.74, 6) is -1.39. The number of aromatic nitrogens is 3. The molecule has 2 aromatic carbocycles. The molecular formula is C29H30F4N8O4. The van der Waals surface area contributed by atoms with Crippen LogP contribution in [0.3, 0.4) is 0 Å². The van der Waals surface area contributed by atoms with Gasteiger partial charge in [-0.1, -0.05) is 12.1 Å². The van der Waals surface area contributed by atoms with Gasteiger partial charge in [0.25, 0.3) is 5.91 Å². The standard InChI is InChI=1S/C29H30F4N8O4/c1-28(2,3)45-27(44)36-12-4-11-35-25(42)19-14-41-23(24(34)37-15-38-41)22(19)16-5-8-18(9-6-16)39-26(43)40-21-13-17(29(31,32)33)7-10-20(21)30/h5-10,13-15H,4,11-12H2,1-3H3,(H,35,42)(H,36,44)(H2,34,37,38)(H2,39,40,43). The van der Waals surface area contributed by atoms with Gasteiger partial charge in [-0.05, 0) is 63.1 Å². The summed E-state index contributed by atoms with van der Waals surface area (Å²) in [5, 5.41) is 14.0. The Balaban J connectivity index is 1.46. The van der Waals surface area contributed by atoms with E-state index in [2.05, 4.69) is 31.3 Å². The summed E-state index contributed by atoms with van der Waals surface area (Å²) in [6.07, 6.45) is -2.15. The molecule has 0 atom stereocenters. The molecule has 4 rings (SSSR count). The normalized spacial score (nSPS) is 11.6. The molecule has 238 valence electrons. The van der Waals surface area contributed by atoms with Crippen LogP contribution in [0.2, 0.25) is 0 Å². The lowest BCUT2D eigenvalue weighted by atomic mass is 10.0. The summed E-state index contributed by atoms with van der Waals surface area (Å²) in [6.45, 7) is 5.73. The maximum atomic E-state index is 14.0.